The second-order valence-corrected chi connectivity index (χ2v) is 7.84. The Balaban J connectivity index is 0.000000575. The summed E-state index contributed by atoms with van der Waals surface area (Å²) in [4.78, 5) is 30.9. The lowest BCUT2D eigenvalue weighted by Gasteiger charge is -2.32. The summed E-state index contributed by atoms with van der Waals surface area (Å²) < 4.78 is 5.35. The van der Waals surface area contributed by atoms with Crippen LogP contribution in [0.1, 0.15) is 31.2 Å². The highest BCUT2D eigenvalue weighted by Crippen LogP contribution is 2.21. The van der Waals surface area contributed by atoms with Crippen LogP contribution in [0.5, 0.6) is 0 Å². The van der Waals surface area contributed by atoms with Gasteiger partial charge in [-0.2, -0.15) is 0 Å². The van der Waals surface area contributed by atoms with Crippen LogP contribution < -0.4 is 15.5 Å². The number of rotatable bonds is 9. The Morgan fingerprint density at radius 2 is 2.07 bits per heavy atom. The molecule has 1 fully saturated rings. The highest BCUT2D eigenvalue weighted by Gasteiger charge is 2.20. The molecule has 2 aromatic heterocycles. The second kappa shape index (κ2) is 13.6. The van der Waals surface area contributed by atoms with Crippen LogP contribution in [0, 0.1) is 5.92 Å². The van der Waals surface area contributed by atoms with Crippen molar-refractivity contribution in [2.24, 2.45) is 5.92 Å². The molecule has 2 N–H and O–H groups in total. The first kappa shape index (κ1) is 23.6. The summed E-state index contributed by atoms with van der Waals surface area (Å²) in [5, 5.41) is 5.25. The van der Waals surface area contributed by atoms with Crippen molar-refractivity contribution in [3.63, 3.8) is 0 Å². The molecule has 2 amide bonds. The van der Waals surface area contributed by atoms with Crippen LogP contribution in [0.2, 0.25) is 0 Å². The Morgan fingerprint density at radius 1 is 1.30 bits per heavy atom. The minimum Gasteiger partial charge on any atom is -0.468 e. The van der Waals surface area contributed by atoms with E-state index in [1.165, 1.54) is 17.7 Å². The molecule has 0 saturated carbocycles. The third-order valence-electron chi connectivity index (χ3n) is 4.68. The number of carbonyl (C=O) groups is 2. The van der Waals surface area contributed by atoms with Gasteiger partial charge in [-0.05, 0) is 67.7 Å². The Kier molecular flexibility index (Phi) is 10.7. The number of amides is 2. The van der Waals surface area contributed by atoms with Gasteiger partial charge in [-0.3, -0.25) is 9.59 Å². The monoisotopic (exact) mass is 431 g/mol. The van der Waals surface area contributed by atoms with Gasteiger partial charge >= 0.3 is 0 Å². The molecule has 0 spiro atoms. The van der Waals surface area contributed by atoms with Crippen molar-refractivity contribution in [2.45, 2.75) is 26.3 Å². The number of imide groups is 1. The first-order valence-corrected chi connectivity index (χ1v) is 11.1. The van der Waals surface area contributed by atoms with E-state index in [4.69, 9.17) is 19.0 Å². The van der Waals surface area contributed by atoms with E-state index in [-0.39, 0.29) is 0 Å². The number of hydrogen-bond donors (Lipinski definition) is 2. The molecule has 1 aliphatic rings. The number of anilines is 1. The largest absolute Gasteiger partial charge is 0.468 e. The van der Waals surface area contributed by atoms with Gasteiger partial charge in [0.1, 0.15) is 5.76 Å². The summed E-state index contributed by atoms with van der Waals surface area (Å²) in [5.41, 5.74) is 0.985. The van der Waals surface area contributed by atoms with Crippen molar-refractivity contribution in [3.05, 3.63) is 47.0 Å². The number of nitrogens with zero attached hydrogens (tertiary/aromatic N) is 3. The maximum Gasteiger partial charge on any atom is 0.225 e. The zero-order chi connectivity index (χ0) is 21.6. The number of allylic oxidation sites excluding steroid dienone is 1. The Bertz CT molecular complexity index is 784. The molecule has 0 aromatic carbocycles. The van der Waals surface area contributed by atoms with Gasteiger partial charge in [-0.15, -0.1) is 11.8 Å². The summed E-state index contributed by atoms with van der Waals surface area (Å²) in [6.45, 7) is 5.97. The fourth-order valence-electron chi connectivity index (χ4n) is 3.04. The van der Waals surface area contributed by atoms with Crippen LogP contribution >= 0.6 is 11.8 Å². The molecule has 1 saturated heterocycles. The predicted molar refractivity (Wildman–Crippen MR) is 120 cm³/mol. The fraction of sp³-hybridized carbons (Fsp3) is 0.429. The molecule has 0 aliphatic carbocycles. The number of nitrogens with one attached hydrogen (secondary N) is 2. The summed E-state index contributed by atoms with van der Waals surface area (Å²) >= 11 is 1.74. The SMILES string of the molecule is CS/C(C)=C\c1ccnc(N2CCC(CNCc3ccco3)CC2)n1.O=CNC=O. The molecular weight excluding hydrogens is 402 g/mol. The van der Waals surface area contributed by atoms with E-state index in [2.05, 4.69) is 34.5 Å². The van der Waals surface area contributed by atoms with Crippen molar-refractivity contribution in [2.75, 3.05) is 30.8 Å². The molecule has 30 heavy (non-hydrogen) atoms. The predicted octanol–water partition coefficient (Wildman–Crippen LogP) is 2.69. The summed E-state index contributed by atoms with van der Waals surface area (Å²) in [5.74, 6) is 2.55. The van der Waals surface area contributed by atoms with Crippen LogP contribution in [-0.2, 0) is 16.1 Å². The fourth-order valence-corrected chi connectivity index (χ4v) is 3.28. The van der Waals surface area contributed by atoms with E-state index >= 15 is 0 Å². The zero-order valence-electron chi connectivity index (χ0n) is 17.4. The Hall–Kier alpha value is -2.65. The number of aromatic nitrogens is 2. The van der Waals surface area contributed by atoms with E-state index < -0.39 is 0 Å². The van der Waals surface area contributed by atoms with E-state index in [0.29, 0.717) is 18.7 Å². The molecule has 162 valence electrons. The molecule has 1 aliphatic heterocycles. The quantitative estimate of drug-likeness (QED) is 0.585. The smallest absolute Gasteiger partial charge is 0.225 e. The van der Waals surface area contributed by atoms with Crippen molar-refractivity contribution in [1.82, 2.24) is 20.6 Å². The van der Waals surface area contributed by atoms with Gasteiger partial charge in [-0.25, -0.2) is 9.97 Å². The van der Waals surface area contributed by atoms with Gasteiger partial charge in [0, 0.05) is 19.3 Å². The van der Waals surface area contributed by atoms with Crippen molar-refractivity contribution in [3.8, 4) is 0 Å². The summed E-state index contributed by atoms with van der Waals surface area (Å²) in [7, 11) is 0. The van der Waals surface area contributed by atoms with E-state index in [9.17, 15) is 0 Å². The minimum absolute atomic E-state index is 0.312. The lowest BCUT2D eigenvalue weighted by atomic mass is 9.97. The van der Waals surface area contributed by atoms with Crippen LogP contribution in [0.3, 0.4) is 0 Å². The number of carbonyl (C=O) groups excluding carboxylic acids is 2. The standard InChI is InChI=1S/C19H26N4OS.C2H3NO2/c1-15(25-2)12-17-5-8-21-19(22-17)23-9-6-16(7-10-23)13-20-14-18-4-3-11-24-18;4-1-3-2-5/h3-5,8,11-12,16,20H,6-7,9-10,13-14H2,1-2H3;1-2H,(H,3,4,5)/b15-12-;. The van der Waals surface area contributed by atoms with Gasteiger partial charge in [0.25, 0.3) is 0 Å². The van der Waals surface area contributed by atoms with Crippen molar-refractivity contribution >= 4 is 36.6 Å². The third kappa shape index (κ3) is 8.38. The molecule has 0 radical (unpaired) electrons. The third-order valence-corrected chi connectivity index (χ3v) is 5.45. The highest BCUT2D eigenvalue weighted by atomic mass is 32.2. The van der Waals surface area contributed by atoms with Gasteiger partial charge in [0.15, 0.2) is 0 Å². The number of hydrogen-bond acceptors (Lipinski definition) is 8. The first-order valence-electron chi connectivity index (χ1n) is 9.83. The molecular formula is C21H29N5O3S. The molecule has 0 bridgehead atoms. The number of furan rings is 1. The molecule has 3 heterocycles. The van der Waals surface area contributed by atoms with Gasteiger partial charge < -0.3 is 20.0 Å². The maximum atomic E-state index is 9.06. The van der Waals surface area contributed by atoms with Crippen molar-refractivity contribution < 1.29 is 14.0 Å². The highest BCUT2D eigenvalue weighted by molar-refractivity contribution is 8.02. The van der Waals surface area contributed by atoms with E-state index in [1.807, 2.05) is 24.4 Å². The molecule has 2 aromatic rings. The number of thioether (sulfide) groups is 1. The minimum atomic E-state index is 0.312. The van der Waals surface area contributed by atoms with Crippen LogP contribution in [-0.4, -0.2) is 48.7 Å². The van der Waals surface area contributed by atoms with Crippen molar-refractivity contribution in [1.29, 1.82) is 0 Å². The van der Waals surface area contributed by atoms with Gasteiger partial charge in [0.2, 0.25) is 18.8 Å². The van der Waals surface area contributed by atoms with E-state index in [0.717, 1.165) is 43.6 Å². The summed E-state index contributed by atoms with van der Waals surface area (Å²) in [6.07, 6.45) is 10.7. The molecule has 0 atom stereocenters. The zero-order valence-corrected chi connectivity index (χ0v) is 18.2. The first-order chi connectivity index (χ1) is 14.7. The van der Waals surface area contributed by atoms with Crippen LogP contribution in [0.4, 0.5) is 5.95 Å². The molecule has 0 unspecified atom stereocenters. The van der Waals surface area contributed by atoms with Crippen LogP contribution in [0.15, 0.2) is 40.0 Å². The normalized spacial score (nSPS) is 14.6. The lowest BCUT2D eigenvalue weighted by molar-refractivity contribution is -0.117. The average molecular weight is 432 g/mol. The van der Waals surface area contributed by atoms with Gasteiger partial charge in [0.05, 0.1) is 18.5 Å². The maximum absolute atomic E-state index is 9.06. The second-order valence-electron chi connectivity index (χ2n) is 6.78. The molecule has 3 rings (SSSR count). The Morgan fingerprint density at radius 3 is 2.67 bits per heavy atom. The Labute approximate surface area is 181 Å². The van der Waals surface area contributed by atoms with Gasteiger partial charge in [-0.1, -0.05) is 0 Å². The molecule has 9 heteroatoms. The number of piperidine rings is 1. The van der Waals surface area contributed by atoms with Crippen LogP contribution in [0.25, 0.3) is 6.08 Å². The summed E-state index contributed by atoms with van der Waals surface area (Å²) in [6, 6.07) is 5.90. The topological polar surface area (TPSA) is 100 Å². The molecule has 8 nitrogen and oxygen atoms in total. The van der Waals surface area contributed by atoms with E-state index in [1.54, 1.807) is 23.3 Å². The lowest BCUT2D eigenvalue weighted by Crippen LogP contribution is -2.38. The average Bonchev–Trinajstić information content (AvgIpc) is 3.29.